The molecule has 0 aliphatic heterocycles. The molecular weight excluding hydrogens is 226 g/mol. The first-order chi connectivity index (χ1) is 8.76. The minimum absolute atomic E-state index is 0.123. The third-order valence-electron chi connectivity index (χ3n) is 2.95. The summed E-state index contributed by atoms with van der Waals surface area (Å²) in [6.45, 7) is 2.67. The van der Waals surface area contributed by atoms with Crippen molar-refractivity contribution in [3.63, 3.8) is 0 Å². The summed E-state index contributed by atoms with van der Waals surface area (Å²) < 4.78 is 7.42. The van der Waals surface area contributed by atoms with E-state index in [1.165, 1.54) is 5.56 Å². The third kappa shape index (κ3) is 2.54. The van der Waals surface area contributed by atoms with Gasteiger partial charge in [0.2, 0.25) is 0 Å². The summed E-state index contributed by atoms with van der Waals surface area (Å²) in [7, 11) is 3.90. The van der Waals surface area contributed by atoms with Crippen LogP contribution in [0, 0.1) is 0 Å². The molecule has 1 N–H and O–H groups in total. The van der Waals surface area contributed by atoms with Crippen LogP contribution in [0.3, 0.4) is 0 Å². The molecule has 0 aliphatic carbocycles. The van der Waals surface area contributed by atoms with Crippen molar-refractivity contribution in [1.29, 1.82) is 0 Å². The van der Waals surface area contributed by atoms with Crippen LogP contribution in [0.4, 0.5) is 0 Å². The monoisotopic (exact) mass is 245 g/mol. The van der Waals surface area contributed by atoms with Crippen molar-refractivity contribution in [2.24, 2.45) is 7.05 Å². The Morgan fingerprint density at radius 2 is 2.22 bits per heavy atom. The van der Waals surface area contributed by atoms with Gasteiger partial charge in [-0.3, -0.25) is 4.68 Å². The lowest BCUT2D eigenvalue weighted by molar-refractivity contribution is 0.339. The Morgan fingerprint density at radius 1 is 1.39 bits per heavy atom. The van der Waals surface area contributed by atoms with Crippen LogP contribution in [-0.4, -0.2) is 23.4 Å². The van der Waals surface area contributed by atoms with Crippen molar-refractivity contribution in [2.75, 3.05) is 13.7 Å². The zero-order valence-corrected chi connectivity index (χ0v) is 11.1. The Bertz CT molecular complexity index is 507. The van der Waals surface area contributed by atoms with Gasteiger partial charge >= 0.3 is 0 Å². The van der Waals surface area contributed by atoms with Crippen LogP contribution in [-0.2, 0) is 7.05 Å². The molecule has 0 bridgehead atoms. The number of nitrogens with one attached hydrogen (secondary N) is 1. The van der Waals surface area contributed by atoms with Gasteiger partial charge in [0.1, 0.15) is 5.75 Å². The number of aromatic nitrogens is 2. The van der Waals surface area contributed by atoms with E-state index in [1.54, 1.807) is 0 Å². The highest BCUT2D eigenvalue weighted by molar-refractivity contribution is 5.34. The normalized spacial score (nSPS) is 12.4. The minimum atomic E-state index is 0.123. The smallest absolute Gasteiger partial charge is 0.119 e. The molecule has 18 heavy (non-hydrogen) atoms. The fraction of sp³-hybridized carbons (Fsp3) is 0.357. The third-order valence-corrected chi connectivity index (χ3v) is 2.95. The van der Waals surface area contributed by atoms with Crippen LogP contribution in [0.15, 0.2) is 36.5 Å². The lowest BCUT2D eigenvalue weighted by atomic mass is 10.0. The van der Waals surface area contributed by atoms with Crippen molar-refractivity contribution in [2.45, 2.75) is 13.0 Å². The molecule has 96 valence electrons. The molecule has 1 atom stereocenters. The second-order valence-corrected chi connectivity index (χ2v) is 4.11. The molecule has 2 rings (SSSR count). The minimum Gasteiger partial charge on any atom is -0.494 e. The predicted octanol–water partition coefficient (Wildman–Crippen LogP) is 2.13. The van der Waals surface area contributed by atoms with Crippen LogP contribution in [0.2, 0.25) is 0 Å². The van der Waals surface area contributed by atoms with E-state index < -0.39 is 0 Å². The number of nitrogens with zero attached hydrogens (tertiary/aromatic N) is 2. The van der Waals surface area contributed by atoms with E-state index in [9.17, 15) is 0 Å². The largest absolute Gasteiger partial charge is 0.494 e. The average molecular weight is 245 g/mol. The zero-order valence-electron chi connectivity index (χ0n) is 11.1. The van der Waals surface area contributed by atoms with Gasteiger partial charge in [0.25, 0.3) is 0 Å². The SMILES string of the molecule is CCOc1cccc(C(NC)c2ccnn2C)c1. The summed E-state index contributed by atoms with van der Waals surface area (Å²) in [4.78, 5) is 0. The molecular formula is C14H19N3O. The van der Waals surface area contributed by atoms with Gasteiger partial charge in [-0.1, -0.05) is 12.1 Å². The van der Waals surface area contributed by atoms with Crippen LogP contribution >= 0.6 is 0 Å². The Kier molecular flexibility index (Phi) is 3.99. The van der Waals surface area contributed by atoms with Gasteiger partial charge in [-0.15, -0.1) is 0 Å². The molecule has 2 aromatic rings. The zero-order chi connectivity index (χ0) is 13.0. The molecule has 0 saturated carbocycles. The second-order valence-electron chi connectivity index (χ2n) is 4.11. The van der Waals surface area contributed by atoms with Gasteiger partial charge in [-0.05, 0) is 37.7 Å². The van der Waals surface area contributed by atoms with E-state index >= 15 is 0 Å². The second kappa shape index (κ2) is 5.69. The lowest BCUT2D eigenvalue weighted by Gasteiger charge is -2.17. The van der Waals surface area contributed by atoms with Crippen LogP contribution in [0.5, 0.6) is 5.75 Å². The maximum absolute atomic E-state index is 5.54. The van der Waals surface area contributed by atoms with E-state index in [0.29, 0.717) is 6.61 Å². The van der Waals surface area contributed by atoms with E-state index in [2.05, 4.69) is 22.5 Å². The van der Waals surface area contributed by atoms with Gasteiger partial charge < -0.3 is 10.1 Å². The van der Waals surface area contributed by atoms with E-state index in [0.717, 1.165) is 11.4 Å². The summed E-state index contributed by atoms with van der Waals surface area (Å²) in [5, 5.41) is 7.53. The standard InChI is InChI=1S/C14H19N3O/c1-4-18-12-7-5-6-11(10-12)14(15-2)13-8-9-16-17(13)3/h5-10,14-15H,4H2,1-3H3. The Balaban J connectivity index is 2.33. The van der Waals surface area contributed by atoms with Crippen LogP contribution in [0.1, 0.15) is 24.2 Å². The highest BCUT2D eigenvalue weighted by Gasteiger charge is 2.15. The summed E-state index contributed by atoms with van der Waals surface area (Å²) in [6.07, 6.45) is 1.81. The molecule has 4 nitrogen and oxygen atoms in total. The number of aryl methyl sites for hydroxylation is 1. The van der Waals surface area contributed by atoms with E-state index in [1.807, 2.05) is 50.1 Å². The van der Waals surface area contributed by atoms with Crippen molar-refractivity contribution >= 4 is 0 Å². The highest BCUT2D eigenvalue weighted by Crippen LogP contribution is 2.24. The van der Waals surface area contributed by atoms with E-state index in [4.69, 9.17) is 4.74 Å². The molecule has 1 aromatic carbocycles. The highest BCUT2D eigenvalue weighted by atomic mass is 16.5. The number of hydrogen-bond donors (Lipinski definition) is 1. The first-order valence-corrected chi connectivity index (χ1v) is 6.14. The molecule has 0 saturated heterocycles. The number of rotatable bonds is 5. The van der Waals surface area contributed by atoms with Gasteiger partial charge in [0, 0.05) is 13.2 Å². The Morgan fingerprint density at radius 3 is 2.83 bits per heavy atom. The van der Waals surface area contributed by atoms with Gasteiger partial charge in [-0.2, -0.15) is 5.10 Å². The predicted molar refractivity (Wildman–Crippen MR) is 71.7 cm³/mol. The van der Waals surface area contributed by atoms with Crippen LogP contribution < -0.4 is 10.1 Å². The molecule has 0 amide bonds. The van der Waals surface area contributed by atoms with Gasteiger partial charge in [0.05, 0.1) is 18.3 Å². The van der Waals surface area contributed by atoms with Crippen molar-refractivity contribution in [3.05, 3.63) is 47.8 Å². The lowest BCUT2D eigenvalue weighted by Crippen LogP contribution is -2.20. The Hall–Kier alpha value is -1.81. The summed E-state index contributed by atoms with van der Waals surface area (Å²) in [6, 6.07) is 10.3. The molecule has 0 spiro atoms. The summed E-state index contributed by atoms with van der Waals surface area (Å²) in [5.74, 6) is 0.900. The number of hydrogen-bond acceptors (Lipinski definition) is 3. The molecule has 4 heteroatoms. The maximum atomic E-state index is 5.54. The van der Waals surface area contributed by atoms with Gasteiger partial charge in [0.15, 0.2) is 0 Å². The quantitative estimate of drug-likeness (QED) is 0.877. The van der Waals surface area contributed by atoms with Crippen LogP contribution in [0.25, 0.3) is 0 Å². The van der Waals surface area contributed by atoms with Crippen molar-refractivity contribution in [3.8, 4) is 5.75 Å². The fourth-order valence-electron chi connectivity index (χ4n) is 2.10. The molecule has 0 aliphatic rings. The van der Waals surface area contributed by atoms with Crippen molar-refractivity contribution in [1.82, 2.24) is 15.1 Å². The first kappa shape index (κ1) is 12.6. The molecule has 0 fully saturated rings. The molecule has 1 aromatic heterocycles. The molecule has 1 unspecified atom stereocenters. The number of ether oxygens (including phenoxy) is 1. The molecule has 0 radical (unpaired) electrons. The maximum Gasteiger partial charge on any atom is 0.119 e. The van der Waals surface area contributed by atoms with Gasteiger partial charge in [-0.25, -0.2) is 0 Å². The number of benzene rings is 1. The topological polar surface area (TPSA) is 39.1 Å². The first-order valence-electron chi connectivity index (χ1n) is 6.14. The fourth-order valence-corrected chi connectivity index (χ4v) is 2.10. The Labute approximate surface area is 108 Å². The summed E-state index contributed by atoms with van der Waals surface area (Å²) >= 11 is 0. The van der Waals surface area contributed by atoms with Crippen molar-refractivity contribution < 1.29 is 4.74 Å². The summed E-state index contributed by atoms with van der Waals surface area (Å²) in [5.41, 5.74) is 2.30. The average Bonchev–Trinajstić information content (AvgIpc) is 2.78. The molecule has 1 heterocycles. The van der Waals surface area contributed by atoms with E-state index in [-0.39, 0.29) is 6.04 Å².